The summed E-state index contributed by atoms with van der Waals surface area (Å²) in [4.78, 5) is 11.9. The van der Waals surface area contributed by atoms with Crippen LogP contribution < -0.4 is 4.74 Å². The average molecular weight is 254 g/mol. The molecule has 2 aromatic carbocycles. The molecule has 0 atom stereocenters. The van der Waals surface area contributed by atoms with Crippen LogP contribution in [0, 0.1) is 5.92 Å². The van der Waals surface area contributed by atoms with E-state index in [2.05, 4.69) is 0 Å². The van der Waals surface area contributed by atoms with E-state index in [0.717, 1.165) is 11.3 Å². The van der Waals surface area contributed by atoms with E-state index >= 15 is 0 Å². The van der Waals surface area contributed by atoms with E-state index in [4.69, 9.17) is 4.74 Å². The molecule has 0 radical (unpaired) electrons. The second-order valence-corrected chi connectivity index (χ2v) is 4.82. The molecule has 0 fully saturated rings. The lowest BCUT2D eigenvalue weighted by Crippen LogP contribution is -2.07. The molecule has 98 valence electrons. The van der Waals surface area contributed by atoms with Crippen molar-refractivity contribution >= 4 is 5.78 Å². The summed E-state index contributed by atoms with van der Waals surface area (Å²) in [5, 5.41) is 0. The zero-order chi connectivity index (χ0) is 13.7. The highest BCUT2D eigenvalue weighted by Gasteiger charge is 2.10. The normalized spacial score (nSPS) is 10.5. The zero-order valence-corrected chi connectivity index (χ0v) is 11.3. The SMILES string of the molecule is CC(C)C(=O)c1cccc(OCc2ccccc2)c1. The Morgan fingerprint density at radius 2 is 1.79 bits per heavy atom. The summed E-state index contributed by atoms with van der Waals surface area (Å²) >= 11 is 0. The second-order valence-electron chi connectivity index (χ2n) is 4.82. The third-order valence-electron chi connectivity index (χ3n) is 2.89. The Bertz CT molecular complexity index is 544. The minimum absolute atomic E-state index is 0.00405. The lowest BCUT2D eigenvalue weighted by atomic mass is 10.0. The van der Waals surface area contributed by atoms with Gasteiger partial charge in [-0.3, -0.25) is 4.79 Å². The van der Waals surface area contributed by atoms with Gasteiger partial charge in [0, 0.05) is 11.5 Å². The van der Waals surface area contributed by atoms with Gasteiger partial charge in [0.15, 0.2) is 5.78 Å². The summed E-state index contributed by atoms with van der Waals surface area (Å²) in [6.45, 7) is 4.32. The maximum Gasteiger partial charge on any atom is 0.165 e. The van der Waals surface area contributed by atoms with Crippen LogP contribution in [0.5, 0.6) is 5.75 Å². The summed E-state index contributed by atoms with van der Waals surface area (Å²) in [6, 6.07) is 17.4. The van der Waals surface area contributed by atoms with Crippen molar-refractivity contribution in [2.24, 2.45) is 5.92 Å². The zero-order valence-electron chi connectivity index (χ0n) is 11.3. The van der Waals surface area contributed by atoms with E-state index in [1.165, 1.54) is 0 Å². The molecular formula is C17H18O2. The second kappa shape index (κ2) is 6.19. The highest BCUT2D eigenvalue weighted by atomic mass is 16.5. The molecule has 0 saturated heterocycles. The monoisotopic (exact) mass is 254 g/mol. The molecule has 0 saturated carbocycles. The maximum atomic E-state index is 11.9. The fourth-order valence-corrected chi connectivity index (χ4v) is 1.81. The number of rotatable bonds is 5. The Labute approximate surface area is 114 Å². The summed E-state index contributed by atoms with van der Waals surface area (Å²) < 4.78 is 5.71. The first kappa shape index (κ1) is 13.3. The van der Waals surface area contributed by atoms with Crippen LogP contribution in [-0.4, -0.2) is 5.78 Å². The molecule has 2 heteroatoms. The number of Topliss-reactive ketones (excluding diaryl/α,β-unsaturated/α-hetero) is 1. The molecular weight excluding hydrogens is 236 g/mol. The fraction of sp³-hybridized carbons (Fsp3) is 0.235. The average Bonchev–Trinajstić information content (AvgIpc) is 2.45. The van der Waals surface area contributed by atoms with Crippen molar-refractivity contribution in [1.29, 1.82) is 0 Å². The number of hydrogen-bond donors (Lipinski definition) is 0. The van der Waals surface area contributed by atoms with Gasteiger partial charge < -0.3 is 4.74 Å². The molecule has 0 amide bonds. The van der Waals surface area contributed by atoms with Gasteiger partial charge in [-0.05, 0) is 17.7 Å². The Balaban J connectivity index is 2.05. The Morgan fingerprint density at radius 1 is 1.05 bits per heavy atom. The minimum Gasteiger partial charge on any atom is -0.489 e. The number of carbonyl (C=O) groups excluding carboxylic acids is 1. The van der Waals surface area contributed by atoms with Crippen molar-refractivity contribution in [3.05, 3.63) is 65.7 Å². The predicted molar refractivity (Wildman–Crippen MR) is 76.4 cm³/mol. The summed E-state index contributed by atoms with van der Waals surface area (Å²) in [7, 11) is 0. The molecule has 2 nitrogen and oxygen atoms in total. The number of ketones is 1. The standard InChI is InChI=1S/C17H18O2/c1-13(2)17(18)15-9-6-10-16(11-15)19-12-14-7-4-3-5-8-14/h3-11,13H,12H2,1-2H3. The lowest BCUT2D eigenvalue weighted by Gasteiger charge is -2.09. The van der Waals surface area contributed by atoms with E-state index in [1.807, 2.05) is 68.4 Å². The number of benzene rings is 2. The van der Waals surface area contributed by atoms with Crippen molar-refractivity contribution in [1.82, 2.24) is 0 Å². The number of hydrogen-bond acceptors (Lipinski definition) is 2. The number of carbonyl (C=O) groups is 1. The van der Waals surface area contributed by atoms with Crippen LogP contribution in [0.3, 0.4) is 0 Å². The lowest BCUT2D eigenvalue weighted by molar-refractivity contribution is 0.0939. The third-order valence-corrected chi connectivity index (χ3v) is 2.89. The van der Waals surface area contributed by atoms with Crippen molar-refractivity contribution < 1.29 is 9.53 Å². The van der Waals surface area contributed by atoms with Crippen molar-refractivity contribution in [2.75, 3.05) is 0 Å². The van der Waals surface area contributed by atoms with Crippen LogP contribution in [-0.2, 0) is 6.61 Å². The predicted octanol–water partition coefficient (Wildman–Crippen LogP) is 4.10. The number of ether oxygens (including phenoxy) is 1. The van der Waals surface area contributed by atoms with E-state index in [1.54, 1.807) is 0 Å². The summed E-state index contributed by atoms with van der Waals surface area (Å²) in [5.74, 6) is 0.880. The van der Waals surface area contributed by atoms with Crippen molar-refractivity contribution in [3.63, 3.8) is 0 Å². The molecule has 0 aliphatic rings. The quantitative estimate of drug-likeness (QED) is 0.751. The molecule has 0 aliphatic heterocycles. The molecule has 0 heterocycles. The van der Waals surface area contributed by atoms with Gasteiger partial charge in [-0.1, -0.05) is 56.3 Å². The molecule has 2 rings (SSSR count). The molecule has 0 aromatic heterocycles. The van der Waals surface area contributed by atoms with Gasteiger partial charge in [0.25, 0.3) is 0 Å². The van der Waals surface area contributed by atoms with Gasteiger partial charge in [-0.15, -0.1) is 0 Å². The molecule has 0 N–H and O–H groups in total. The smallest absolute Gasteiger partial charge is 0.165 e. The molecule has 0 bridgehead atoms. The first-order valence-electron chi connectivity index (χ1n) is 6.48. The highest BCUT2D eigenvalue weighted by Crippen LogP contribution is 2.17. The molecule has 0 aliphatic carbocycles. The Kier molecular flexibility index (Phi) is 4.35. The summed E-state index contributed by atoms with van der Waals surface area (Å²) in [5.41, 5.74) is 1.82. The third kappa shape index (κ3) is 3.68. The van der Waals surface area contributed by atoms with Crippen LogP contribution in [0.2, 0.25) is 0 Å². The first-order valence-corrected chi connectivity index (χ1v) is 6.48. The largest absolute Gasteiger partial charge is 0.489 e. The van der Waals surface area contributed by atoms with Gasteiger partial charge in [0.1, 0.15) is 12.4 Å². The maximum absolute atomic E-state index is 11.9. The molecule has 19 heavy (non-hydrogen) atoms. The summed E-state index contributed by atoms with van der Waals surface area (Å²) in [6.07, 6.45) is 0. The van der Waals surface area contributed by atoms with Crippen LogP contribution in [0.1, 0.15) is 29.8 Å². The van der Waals surface area contributed by atoms with Crippen LogP contribution >= 0.6 is 0 Å². The van der Waals surface area contributed by atoms with E-state index in [0.29, 0.717) is 12.2 Å². The molecule has 2 aromatic rings. The first-order chi connectivity index (χ1) is 9.16. The van der Waals surface area contributed by atoms with E-state index in [9.17, 15) is 4.79 Å². The van der Waals surface area contributed by atoms with Crippen molar-refractivity contribution in [3.8, 4) is 5.75 Å². The Morgan fingerprint density at radius 3 is 2.47 bits per heavy atom. The van der Waals surface area contributed by atoms with E-state index < -0.39 is 0 Å². The minimum atomic E-state index is 0.00405. The van der Waals surface area contributed by atoms with Gasteiger partial charge in [0.2, 0.25) is 0 Å². The topological polar surface area (TPSA) is 26.3 Å². The van der Waals surface area contributed by atoms with Crippen LogP contribution in [0.15, 0.2) is 54.6 Å². The van der Waals surface area contributed by atoms with Gasteiger partial charge >= 0.3 is 0 Å². The molecule has 0 unspecified atom stereocenters. The highest BCUT2D eigenvalue weighted by molar-refractivity contribution is 5.97. The van der Waals surface area contributed by atoms with Gasteiger partial charge in [0.05, 0.1) is 0 Å². The Hall–Kier alpha value is -2.09. The van der Waals surface area contributed by atoms with Crippen LogP contribution in [0.25, 0.3) is 0 Å². The van der Waals surface area contributed by atoms with Gasteiger partial charge in [-0.25, -0.2) is 0 Å². The fourth-order valence-electron chi connectivity index (χ4n) is 1.81. The molecule has 0 spiro atoms. The van der Waals surface area contributed by atoms with Crippen LogP contribution in [0.4, 0.5) is 0 Å². The van der Waals surface area contributed by atoms with Gasteiger partial charge in [-0.2, -0.15) is 0 Å². The van der Waals surface area contributed by atoms with E-state index in [-0.39, 0.29) is 11.7 Å². The van der Waals surface area contributed by atoms with Crippen molar-refractivity contribution in [2.45, 2.75) is 20.5 Å².